The maximum Gasteiger partial charge on any atom is 0.188 e. The van der Waals surface area contributed by atoms with Crippen molar-refractivity contribution in [3.8, 4) is 0 Å². The van der Waals surface area contributed by atoms with Crippen LogP contribution in [0.5, 0.6) is 0 Å². The van der Waals surface area contributed by atoms with Crippen LogP contribution in [0.4, 0.5) is 0 Å². The summed E-state index contributed by atoms with van der Waals surface area (Å²) in [6.07, 6.45) is 1.89. The molecule has 0 atom stereocenters. The Bertz CT molecular complexity index is 168. The van der Waals surface area contributed by atoms with E-state index >= 15 is 0 Å². The van der Waals surface area contributed by atoms with Crippen LogP contribution in [0.2, 0.25) is 13.6 Å². The normalized spacial score (nSPS) is 9.11. The van der Waals surface area contributed by atoms with E-state index in [4.69, 9.17) is 0 Å². The minimum Gasteiger partial charge on any atom is -0.262 e. The molecule has 0 saturated heterocycles. The summed E-state index contributed by atoms with van der Waals surface area (Å²) in [4.78, 5) is 5.24. The first kappa shape index (κ1) is 6.87. The monoisotopic (exact) mass is 135 g/mol. The number of aromatic nitrogens is 1. The van der Waals surface area contributed by atoms with Gasteiger partial charge in [-0.2, -0.15) is 0 Å². The van der Waals surface area contributed by atoms with Crippen LogP contribution in [0, 0.1) is 0 Å². The lowest BCUT2D eigenvalue weighted by molar-refractivity contribution is 1.48. The molecule has 0 saturated carbocycles. The first-order valence-electron chi connectivity index (χ1n) is 2.91. The first-order valence-corrected chi connectivity index (χ1v) is 3.73. The van der Waals surface area contributed by atoms with Gasteiger partial charge in [0, 0.05) is 11.1 Å². The van der Waals surface area contributed by atoms with Crippen molar-refractivity contribution in [2.24, 2.45) is 0 Å². The van der Waals surface area contributed by atoms with Crippen molar-refractivity contribution >= 4 is 35.6 Å². The van der Waals surface area contributed by atoms with Gasteiger partial charge in [-0.25, -0.2) is 0 Å². The van der Waals surface area contributed by atoms with Crippen LogP contribution < -0.4 is 9.68 Å². The highest BCUT2D eigenvalue weighted by atomic mass is 32.1. The van der Waals surface area contributed by atoms with Crippen molar-refractivity contribution in [3.63, 3.8) is 0 Å². The molecule has 2 radical (unpaired) electrons. The van der Waals surface area contributed by atoms with Gasteiger partial charge in [-0.3, -0.25) is 4.98 Å². The van der Waals surface area contributed by atoms with E-state index in [0.717, 1.165) is 4.91 Å². The number of rotatable bonds is 2. The van der Waals surface area contributed by atoms with Crippen molar-refractivity contribution < 1.29 is 0 Å². The van der Waals surface area contributed by atoms with Gasteiger partial charge in [0.2, 0.25) is 0 Å². The molecule has 44 valence electrons. The van der Waals surface area contributed by atoms with Crippen LogP contribution >= 0.6 is 11.3 Å². The fraction of sp³-hybridized carbons (Fsp3) is 0.400. The molecule has 1 nitrogen and oxygen atoms in total. The average Bonchev–Trinajstić information content (AvgIpc) is 2.34. The van der Waals surface area contributed by atoms with E-state index in [9.17, 15) is 0 Å². The van der Waals surface area contributed by atoms with Gasteiger partial charge in [0.15, 0.2) is 14.6 Å². The van der Waals surface area contributed by atoms with Crippen LogP contribution in [0.3, 0.4) is 0 Å². The maximum atomic E-state index is 4.14. The summed E-state index contributed by atoms with van der Waals surface area (Å²) in [7, 11) is 4.07. The summed E-state index contributed by atoms with van der Waals surface area (Å²) in [5.74, 6) is 0. The second-order valence-corrected chi connectivity index (χ2v) is 2.77. The van der Waals surface area contributed by atoms with Crippen molar-refractivity contribution in [3.05, 3.63) is 6.20 Å². The van der Waals surface area contributed by atoms with E-state index in [1.807, 2.05) is 27.1 Å². The predicted molar refractivity (Wildman–Crippen MR) is 44.6 cm³/mol. The minimum atomic E-state index is 1.10. The molecular weight excluding hydrogens is 128 g/mol. The third-order valence-electron chi connectivity index (χ3n) is 1.07. The number of hydrogen-bond acceptors (Lipinski definition) is 2. The molecule has 0 aliphatic heterocycles. The van der Waals surface area contributed by atoms with Gasteiger partial charge in [-0.15, -0.1) is 11.3 Å². The number of nitrogens with zero attached hydrogens (tertiary/aromatic N) is 1. The molecule has 0 bridgehead atoms. The van der Waals surface area contributed by atoms with E-state index in [1.54, 1.807) is 11.3 Å². The molecule has 0 unspecified atom stereocenters. The second-order valence-electron chi connectivity index (χ2n) is 1.68. The van der Waals surface area contributed by atoms with Gasteiger partial charge in [0.1, 0.15) is 0 Å². The van der Waals surface area contributed by atoms with Crippen LogP contribution in [-0.4, -0.2) is 19.5 Å². The van der Waals surface area contributed by atoms with Crippen molar-refractivity contribution in [2.45, 2.75) is 13.6 Å². The smallest absolute Gasteiger partial charge is 0.188 e. The van der Waals surface area contributed by atoms with Crippen LogP contribution in [0.25, 0.3) is 0 Å². The molecule has 9 heavy (non-hydrogen) atoms. The molecule has 1 heterocycles. The van der Waals surface area contributed by atoms with Crippen molar-refractivity contribution in [2.75, 3.05) is 0 Å². The van der Waals surface area contributed by atoms with Crippen LogP contribution in [-0.2, 0) is 0 Å². The Balaban J connectivity index is 2.74. The summed E-state index contributed by atoms with van der Waals surface area (Å²) < 4.78 is 1.24. The highest BCUT2D eigenvalue weighted by Gasteiger charge is 1.96. The highest BCUT2D eigenvalue weighted by Crippen LogP contribution is 1.83. The van der Waals surface area contributed by atoms with Crippen LogP contribution in [0.1, 0.15) is 0 Å². The second kappa shape index (κ2) is 3.06. The topological polar surface area (TPSA) is 12.9 Å². The lowest BCUT2D eigenvalue weighted by atomic mass is 9.81. The minimum absolute atomic E-state index is 1.10. The first-order chi connectivity index (χ1) is 4.36. The van der Waals surface area contributed by atoms with E-state index in [-0.39, 0.29) is 0 Å². The fourth-order valence-electron chi connectivity index (χ4n) is 0.568. The van der Waals surface area contributed by atoms with Crippen molar-refractivity contribution in [1.29, 1.82) is 0 Å². The molecule has 0 N–H and O–H groups in total. The molecule has 0 amide bonds. The van der Waals surface area contributed by atoms with Gasteiger partial charge in [0.25, 0.3) is 0 Å². The summed E-state index contributed by atoms with van der Waals surface area (Å²) in [6, 6.07) is 0. The lowest BCUT2D eigenvalue weighted by Gasteiger charge is -1.79. The predicted octanol–water partition coefficient (Wildman–Crippen LogP) is -0.102. The Morgan fingerprint density at radius 3 is 2.56 bits per heavy atom. The third-order valence-corrected chi connectivity index (χ3v) is 2.20. The lowest BCUT2D eigenvalue weighted by Crippen LogP contribution is -2.08. The zero-order valence-corrected chi connectivity index (χ0v) is 6.40. The Morgan fingerprint density at radius 1 is 1.44 bits per heavy atom. The maximum absolute atomic E-state index is 4.14. The van der Waals surface area contributed by atoms with E-state index in [2.05, 4.69) is 12.3 Å². The molecule has 0 aliphatic carbocycles. The summed E-state index contributed by atoms with van der Waals surface area (Å²) in [5.41, 5.74) is 0. The zero-order chi connectivity index (χ0) is 6.69. The fourth-order valence-corrected chi connectivity index (χ4v) is 1.26. The summed E-state index contributed by atoms with van der Waals surface area (Å²) in [5, 5.41) is 0. The van der Waals surface area contributed by atoms with Gasteiger partial charge in [-0.05, 0) is 4.78 Å². The van der Waals surface area contributed by atoms with Crippen LogP contribution in [0.15, 0.2) is 6.20 Å². The Labute approximate surface area is 61.0 Å². The number of thiazole rings is 1. The van der Waals surface area contributed by atoms with Gasteiger partial charge in [0.05, 0.1) is 0 Å². The Morgan fingerprint density at radius 2 is 2.22 bits per heavy atom. The van der Waals surface area contributed by atoms with Gasteiger partial charge >= 0.3 is 0 Å². The Hall–Kier alpha value is -0.240. The van der Waals surface area contributed by atoms with E-state index in [1.165, 1.54) is 4.78 Å². The molecule has 1 aromatic heterocycles. The average molecular weight is 135 g/mol. The molecule has 0 spiro atoms. The Kier molecular flexibility index (Phi) is 2.34. The third kappa shape index (κ3) is 1.58. The quantitative estimate of drug-likeness (QED) is 0.515. The molecule has 1 rings (SSSR count). The molecule has 0 fully saturated rings. The van der Waals surface area contributed by atoms with Gasteiger partial charge < -0.3 is 0 Å². The van der Waals surface area contributed by atoms with Gasteiger partial charge in [-0.1, -0.05) is 13.6 Å². The molecule has 1 aromatic rings. The summed E-state index contributed by atoms with van der Waals surface area (Å²) in [6.45, 7) is 4.02. The molecule has 4 heteroatoms. The molecule has 0 aromatic carbocycles. The summed E-state index contributed by atoms with van der Waals surface area (Å²) >= 11 is 1.71. The largest absolute Gasteiger partial charge is 0.262 e. The van der Waals surface area contributed by atoms with E-state index in [0.29, 0.717) is 0 Å². The molecule has 0 aliphatic rings. The van der Waals surface area contributed by atoms with E-state index < -0.39 is 0 Å². The zero-order valence-electron chi connectivity index (χ0n) is 5.59. The van der Waals surface area contributed by atoms with Crippen molar-refractivity contribution in [1.82, 2.24) is 4.98 Å². The molecular formula is C5H7B2NS. The highest BCUT2D eigenvalue weighted by molar-refractivity contribution is 7.28. The number of hydrogen-bond donors (Lipinski definition) is 0. The standard InChI is InChI=1S/C5H7B2NS/c1-6-4-3-8-5(7-2)9-4/h3H,1-2H3. The SMILES string of the molecule is C[B]c1cnc([B]C)s1.